The maximum absolute atomic E-state index is 12.0. The Hall–Kier alpha value is -2.04. The van der Waals surface area contributed by atoms with E-state index < -0.39 is 0 Å². The molecule has 1 aromatic carbocycles. The van der Waals surface area contributed by atoms with Gasteiger partial charge in [-0.1, -0.05) is 18.2 Å². The topological polar surface area (TPSA) is 58.6 Å². The van der Waals surface area contributed by atoms with Gasteiger partial charge < -0.3 is 15.0 Å². The minimum Gasteiger partial charge on any atom is -0.496 e. The van der Waals surface area contributed by atoms with Crippen LogP contribution in [-0.2, 0) is 16.0 Å². The van der Waals surface area contributed by atoms with Crippen molar-refractivity contribution in [2.75, 3.05) is 20.7 Å². The molecule has 0 bridgehead atoms. The molecule has 2 amide bonds. The molecule has 1 saturated heterocycles. The Kier molecular flexibility index (Phi) is 4.04. The number of para-hydroxylation sites is 1. The minimum absolute atomic E-state index is 0.0718. The van der Waals surface area contributed by atoms with E-state index in [0.29, 0.717) is 18.7 Å². The van der Waals surface area contributed by atoms with Crippen LogP contribution in [0.3, 0.4) is 0 Å². The SMILES string of the molecule is COc1ccccc1CC(=O)NC1CC(=O)N(C)C1. The molecular formula is C14H18N2O3. The van der Waals surface area contributed by atoms with Gasteiger partial charge in [0.2, 0.25) is 11.8 Å². The fraction of sp³-hybridized carbons (Fsp3) is 0.429. The lowest BCUT2D eigenvalue weighted by molar-refractivity contribution is -0.126. The van der Waals surface area contributed by atoms with Crippen molar-refractivity contribution < 1.29 is 14.3 Å². The highest BCUT2D eigenvalue weighted by Gasteiger charge is 2.27. The van der Waals surface area contributed by atoms with Crippen LogP contribution in [0.4, 0.5) is 0 Å². The van der Waals surface area contributed by atoms with Crippen LogP contribution in [0.2, 0.25) is 0 Å². The number of amides is 2. The molecule has 1 N–H and O–H groups in total. The lowest BCUT2D eigenvalue weighted by Gasteiger charge is -2.13. The highest BCUT2D eigenvalue weighted by Crippen LogP contribution is 2.18. The summed E-state index contributed by atoms with van der Waals surface area (Å²) in [6.07, 6.45) is 0.645. The summed E-state index contributed by atoms with van der Waals surface area (Å²) in [4.78, 5) is 25.0. The summed E-state index contributed by atoms with van der Waals surface area (Å²) < 4.78 is 5.21. The van der Waals surface area contributed by atoms with Crippen LogP contribution in [0, 0.1) is 0 Å². The Balaban J connectivity index is 1.93. The average Bonchev–Trinajstić information content (AvgIpc) is 2.68. The Morgan fingerprint density at radius 3 is 2.84 bits per heavy atom. The molecule has 0 spiro atoms. The maximum Gasteiger partial charge on any atom is 0.224 e. The molecule has 1 aliphatic rings. The molecule has 0 radical (unpaired) electrons. The van der Waals surface area contributed by atoms with Crippen molar-refractivity contribution >= 4 is 11.8 Å². The number of hydrogen-bond donors (Lipinski definition) is 1. The number of benzene rings is 1. The van der Waals surface area contributed by atoms with E-state index in [1.54, 1.807) is 19.1 Å². The smallest absolute Gasteiger partial charge is 0.224 e. The third kappa shape index (κ3) is 3.24. The molecule has 2 rings (SSSR count). The predicted octanol–water partition coefficient (Wildman–Crippen LogP) is 0.585. The highest BCUT2D eigenvalue weighted by molar-refractivity contribution is 5.83. The molecule has 5 heteroatoms. The van der Waals surface area contributed by atoms with Crippen LogP contribution in [-0.4, -0.2) is 43.5 Å². The average molecular weight is 262 g/mol. The van der Waals surface area contributed by atoms with Crippen LogP contribution in [0.1, 0.15) is 12.0 Å². The van der Waals surface area contributed by atoms with Gasteiger partial charge in [0.05, 0.1) is 19.6 Å². The Labute approximate surface area is 112 Å². The second kappa shape index (κ2) is 5.73. The first-order valence-electron chi connectivity index (χ1n) is 6.25. The Morgan fingerprint density at radius 2 is 2.21 bits per heavy atom. The standard InChI is InChI=1S/C14H18N2O3/c1-16-9-11(8-14(16)18)15-13(17)7-10-5-3-4-6-12(10)19-2/h3-6,11H,7-9H2,1-2H3,(H,15,17). The van der Waals surface area contributed by atoms with Gasteiger partial charge in [0, 0.05) is 25.6 Å². The lowest BCUT2D eigenvalue weighted by atomic mass is 10.1. The van der Waals surface area contributed by atoms with Gasteiger partial charge in [-0.3, -0.25) is 9.59 Å². The summed E-state index contributed by atoms with van der Waals surface area (Å²) >= 11 is 0. The van der Waals surface area contributed by atoms with Crippen LogP contribution in [0.15, 0.2) is 24.3 Å². The van der Waals surface area contributed by atoms with Crippen molar-refractivity contribution in [2.45, 2.75) is 18.9 Å². The molecule has 1 unspecified atom stereocenters. The van der Waals surface area contributed by atoms with Crippen LogP contribution in [0.25, 0.3) is 0 Å². The number of methoxy groups -OCH3 is 1. The summed E-state index contributed by atoms with van der Waals surface area (Å²) in [5, 5.41) is 2.88. The normalized spacial score (nSPS) is 18.5. The Morgan fingerprint density at radius 1 is 1.47 bits per heavy atom. The number of hydrogen-bond acceptors (Lipinski definition) is 3. The summed E-state index contributed by atoms with van der Waals surface area (Å²) in [5.74, 6) is 0.692. The third-order valence-corrected chi connectivity index (χ3v) is 3.25. The van der Waals surface area contributed by atoms with Crippen molar-refractivity contribution in [3.05, 3.63) is 29.8 Å². The van der Waals surface area contributed by atoms with Crippen molar-refractivity contribution in [1.82, 2.24) is 10.2 Å². The number of nitrogens with zero attached hydrogens (tertiary/aromatic N) is 1. The van der Waals surface area contributed by atoms with E-state index in [4.69, 9.17) is 4.74 Å². The zero-order valence-corrected chi connectivity index (χ0v) is 11.2. The molecule has 102 valence electrons. The van der Waals surface area contributed by atoms with Crippen LogP contribution in [0.5, 0.6) is 5.75 Å². The monoisotopic (exact) mass is 262 g/mol. The molecule has 1 aromatic rings. The second-order valence-corrected chi connectivity index (χ2v) is 4.73. The van der Waals surface area contributed by atoms with Crippen molar-refractivity contribution in [3.63, 3.8) is 0 Å². The van der Waals surface area contributed by atoms with Gasteiger partial charge in [0.1, 0.15) is 5.75 Å². The summed E-state index contributed by atoms with van der Waals surface area (Å²) in [7, 11) is 3.33. The van der Waals surface area contributed by atoms with E-state index in [0.717, 1.165) is 5.56 Å². The molecule has 0 aromatic heterocycles. The summed E-state index contributed by atoms with van der Waals surface area (Å²) in [6, 6.07) is 7.35. The second-order valence-electron chi connectivity index (χ2n) is 4.73. The van der Waals surface area contributed by atoms with Crippen LogP contribution < -0.4 is 10.1 Å². The molecule has 1 atom stereocenters. The molecule has 19 heavy (non-hydrogen) atoms. The molecule has 0 saturated carbocycles. The van der Waals surface area contributed by atoms with Crippen molar-refractivity contribution in [2.24, 2.45) is 0 Å². The van der Waals surface area contributed by atoms with Gasteiger partial charge in [-0.25, -0.2) is 0 Å². The van der Waals surface area contributed by atoms with Crippen molar-refractivity contribution in [3.8, 4) is 5.75 Å². The van der Waals surface area contributed by atoms with E-state index in [1.165, 1.54) is 0 Å². The van der Waals surface area contributed by atoms with E-state index in [1.807, 2.05) is 24.3 Å². The molecule has 5 nitrogen and oxygen atoms in total. The van der Waals surface area contributed by atoms with Gasteiger partial charge in [-0.05, 0) is 6.07 Å². The molecule has 1 fully saturated rings. The van der Waals surface area contributed by atoms with Gasteiger partial charge in [0.25, 0.3) is 0 Å². The first-order valence-corrected chi connectivity index (χ1v) is 6.25. The number of rotatable bonds is 4. The van der Waals surface area contributed by atoms with E-state index in [9.17, 15) is 9.59 Å². The number of carbonyl (C=O) groups excluding carboxylic acids is 2. The zero-order valence-electron chi connectivity index (χ0n) is 11.2. The summed E-state index contributed by atoms with van der Waals surface area (Å²) in [5.41, 5.74) is 0.847. The first kappa shape index (κ1) is 13.4. The molecule has 1 heterocycles. The van der Waals surface area contributed by atoms with Gasteiger partial charge in [0.15, 0.2) is 0 Å². The van der Waals surface area contributed by atoms with E-state index in [-0.39, 0.29) is 24.3 Å². The van der Waals surface area contributed by atoms with Gasteiger partial charge >= 0.3 is 0 Å². The summed E-state index contributed by atoms with van der Waals surface area (Å²) in [6.45, 7) is 0.580. The highest BCUT2D eigenvalue weighted by atomic mass is 16.5. The largest absolute Gasteiger partial charge is 0.496 e. The Bertz CT molecular complexity index is 487. The maximum atomic E-state index is 12.0. The lowest BCUT2D eigenvalue weighted by Crippen LogP contribution is -2.37. The number of ether oxygens (including phenoxy) is 1. The quantitative estimate of drug-likeness (QED) is 0.863. The fourth-order valence-electron chi connectivity index (χ4n) is 2.26. The van der Waals surface area contributed by atoms with Gasteiger partial charge in [-0.15, -0.1) is 0 Å². The van der Waals surface area contributed by atoms with Crippen LogP contribution >= 0.6 is 0 Å². The zero-order chi connectivity index (χ0) is 13.8. The first-order chi connectivity index (χ1) is 9.10. The van der Waals surface area contributed by atoms with Gasteiger partial charge in [-0.2, -0.15) is 0 Å². The molecular weight excluding hydrogens is 244 g/mol. The molecule has 1 aliphatic heterocycles. The van der Waals surface area contributed by atoms with Crippen molar-refractivity contribution in [1.29, 1.82) is 0 Å². The van der Waals surface area contributed by atoms with E-state index in [2.05, 4.69) is 5.32 Å². The molecule has 0 aliphatic carbocycles. The minimum atomic E-state index is -0.0856. The fourth-order valence-corrected chi connectivity index (χ4v) is 2.26. The number of likely N-dealkylation sites (tertiary alicyclic amines) is 1. The number of nitrogens with one attached hydrogen (secondary N) is 1. The predicted molar refractivity (Wildman–Crippen MR) is 70.9 cm³/mol. The number of carbonyl (C=O) groups is 2. The van der Waals surface area contributed by atoms with E-state index >= 15 is 0 Å². The number of likely N-dealkylation sites (N-methyl/N-ethyl adjacent to an activating group) is 1. The third-order valence-electron chi connectivity index (χ3n) is 3.25.